The second-order valence-corrected chi connectivity index (χ2v) is 8.94. The Morgan fingerprint density at radius 3 is 1.14 bits per heavy atom. The van der Waals surface area contributed by atoms with Gasteiger partial charge in [-0.25, -0.2) is 0 Å². The van der Waals surface area contributed by atoms with Crippen molar-refractivity contribution in [3.8, 4) is 11.1 Å². The lowest BCUT2D eigenvalue weighted by Gasteiger charge is -2.40. The summed E-state index contributed by atoms with van der Waals surface area (Å²) in [4.78, 5) is 0. The summed E-state index contributed by atoms with van der Waals surface area (Å²) >= 11 is 0. The van der Waals surface area contributed by atoms with Gasteiger partial charge in [0.2, 0.25) is 0 Å². The molecule has 2 fully saturated rings. The number of aliphatic hydroxyl groups excluding tert-OH is 8. The fourth-order valence-corrected chi connectivity index (χ4v) is 4.29. The maximum atomic E-state index is 10.2. The highest BCUT2D eigenvalue weighted by Gasteiger charge is 2.44. The van der Waals surface area contributed by atoms with Crippen molar-refractivity contribution in [1.82, 2.24) is 0 Å². The lowest BCUT2D eigenvalue weighted by Crippen LogP contribution is -2.60. The molecular formula is C24H32N2O10. The molecule has 0 aliphatic carbocycles. The quantitative estimate of drug-likeness (QED) is 0.193. The van der Waals surface area contributed by atoms with Crippen LogP contribution in [0.4, 0.5) is 11.4 Å². The first-order valence-corrected chi connectivity index (χ1v) is 11.6. The lowest BCUT2D eigenvalue weighted by molar-refractivity contribution is -0.221. The normalized spacial score (nSPS) is 36.9. The molecule has 2 saturated heterocycles. The van der Waals surface area contributed by atoms with E-state index in [9.17, 15) is 40.9 Å². The summed E-state index contributed by atoms with van der Waals surface area (Å²) < 4.78 is 10.9. The van der Waals surface area contributed by atoms with E-state index in [1.807, 2.05) is 24.3 Å². The molecule has 0 unspecified atom stereocenters. The first kappa shape index (κ1) is 26.7. The third-order valence-corrected chi connectivity index (χ3v) is 6.51. The largest absolute Gasteiger partial charge is 0.394 e. The summed E-state index contributed by atoms with van der Waals surface area (Å²) in [5.41, 5.74) is 2.91. The van der Waals surface area contributed by atoms with Gasteiger partial charge in [-0.15, -0.1) is 0 Å². The monoisotopic (exact) mass is 508 g/mol. The van der Waals surface area contributed by atoms with Crippen molar-refractivity contribution in [1.29, 1.82) is 0 Å². The van der Waals surface area contributed by atoms with E-state index in [0.717, 1.165) is 11.1 Å². The second-order valence-electron chi connectivity index (χ2n) is 8.94. The van der Waals surface area contributed by atoms with Gasteiger partial charge < -0.3 is 61.0 Å². The van der Waals surface area contributed by atoms with Gasteiger partial charge in [0, 0.05) is 11.4 Å². The van der Waals surface area contributed by atoms with Crippen molar-refractivity contribution >= 4 is 11.4 Å². The highest BCUT2D eigenvalue weighted by molar-refractivity contribution is 5.68. The Kier molecular flexibility index (Phi) is 8.42. The molecule has 2 heterocycles. The molecule has 2 aromatic rings. The molecule has 10 atom stereocenters. The Bertz CT molecular complexity index is 894. The van der Waals surface area contributed by atoms with E-state index < -0.39 is 74.5 Å². The summed E-state index contributed by atoms with van der Waals surface area (Å²) in [6, 6.07) is 14.3. The molecule has 36 heavy (non-hydrogen) atoms. The van der Waals surface area contributed by atoms with Crippen LogP contribution in [-0.2, 0) is 9.47 Å². The summed E-state index contributed by atoms with van der Waals surface area (Å²) in [5, 5.41) is 84.6. The number of hydrogen-bond acceptors (Lipinski definition) is 12. The fraction of sp³-hybridized carbons (Fsp3) is 0.500. The van der Waals surface area contributed by atoms with E-state index in [1.54, 1.807) is 24.3 Å². The number of rotatable bonds is 7. The second kappa shape index (κ2) is 11.4. The van der Waals surface area contributed by atoms with E-state index in [0.29, 0.717) is 11.4 Å². The third-order valence-electron chi connectivity index (χ3n) is 6.51. The van der Waals surface area contributed by atoms with Gasteiger partial charge in [0.1, 0.15) is 48.8 Å². The van der Waals surface area contributed by atoms with E-state index in [4.69, 9.17) is 9.47 Å². The maximum absolute atomic E-state index is 10.2. The van der Waals surface area contributed by atoms with Gasteiger partial charge in [-0.2, -0.15) is 0 Å². The molecule has 0 spiro atoms. The van der Waals surface area contributed by atoms with E-state index in [1.165, 1.54) is 0 Å². The molecular weight excluding hydrogens is 476 g/mol. The summed E-state index contributed by atoms with van der Waals surface area (Å²) in [6.07, 6.45) is -12.7. The zero-order chi connectivity index (χ0) is 26.0. The van der Waals surface area contributed by atoms with Gasteiger partial charge in [0.25, 0.3) is 0 Å². The maximum Gasteiger partial charge on any atom is 0.157 e. The number of hydrogen-bond donors (Lipinski definition) is 10. The number of anilines is 2. The molecule has 2 aliphatic heterocycles. The Morgan fingerprint density at radius 2 is 0.833 bits per heavy atom. The van der Waals surface area contributed by atoms with Crippen LogP contribution in [0.15, 0.2) is 48.5 Å². The molecule has 2 aromatic carbocycles. The van der Waals surface area contributed by atoms with Crippen LogP contribution < -0.4 is 10.6 Å². The highest BCUT2D eigenvalue weighted by Crippen LogP contribution is 2.28. The molecule has 12 heteroatoms. The van der Waals surface area contributed by atoms with Gasteiger partial charge in [-0.3, -0.25) is 0 Å². The Hall–Kier alpha value is -2.36. The van der Waals surface area contributed by atoms with Crippen LogP contribution in [0.1, 0.15) is 0 Å². The average Bonchev–Trinajstić information content (AvgIpc) is 2.90. The molecule has 0 aromatic heterocycles. The van der Waals surface area contributed by atoms with Gasteiger partial charge in [-0.05, 0) is 35.4 Å². The SMILES string of the molecule is OC[C@H]1O[C@@H](Nc2ccc(-c3ccc(N[C@@H]4O[C@H](CO)[C@@H](O)[C@H](O)[C@@H]4O)cc3)cc2)[C@@H](O)[C@@H](O)[C@@H]1O. The van der Waals surface area contributed by atoms with Crippen molar-refractivity contribution < 1.29 is 50.3 Å². The summed E-state index contributed by atoms with van der Waals surface area (Å²) in [7, 11) is 0. The Balaban J connectivity index is 1.38. The fourth-order valence-electron chi connectivity index (χ4n) is 4.29. The number of ether oxygens (including phenoxy) is 2. The minimum Gasteiger partial charge on any atom is -0.394 e. The molecule has 0 bridgehead atoms. The third kappa shape index (κ3) is 5.48. The van der Waals surface area contributed by atoms with E-state index in [2.05, 4.69) is 10.6 Å². The summed E-state index contributed by atoms with van der Waals surface area (Å²) in [6.45, 7) is -1.02. The molecule has 2 aliphatic rings. The van der Waals surface area contributed by atoms with Gasteiger partial charge in [0.05, 0.1) is 13.2 Å². The van der Waals surface area contributed by atoms with Crippen molar-refractivity contribution in [3.63, 3.8) is 0 Å². The van der Waals surface area contributed by atoms with Crippen molar-refractivity contribution in [2.75, 3.05) is 23.8 Å². The van der Waals surface area contributed by atoms with Crippen LogP contribution in [0.2, 0.25) is 0 Å². The van der Waals surface area contributed by atoms with Crippen LogP contribution in [0.25, 0.3) is 11.1 Å². The highest BCUT2D eigenvalue weighted by atomic mass is 16.6. The van der Waals surface area contributed by atoms with E-state index >= 15 is 0 Å². The zero-order valence-corrected chi connectivity index (χ0v) is 19.2. The number of benzene rings is 2. The van der Waals surface area contributed by atoms with Gasteiger partial charge in [-0.1, -0.05) is 24.3 Å². The van der Waals surface area contributed by atoms with Crippen LogP contribution in [0.5, 0.6) is 0 Å². The smallest absolute Gasteiger partial charge is 0.157 e. The first-order chi connectivity index (χ1) is 17.2. The van der Waals surface area contributed by atoms with Crippen molar-refractivity contribution in [2.24, 2.45) is 0 Å². The predicted octanol–water partition coefficient (Wildman–Crippen LogP) is -2.22. The van der Waals surface area contributed by atoms with Crippen LogP contribution >= 0.6 is 0 Å². The van der Waals surface area contributed by atoms with Crippen LogP contribution in [-0.4, -0.2) is 115 Å². The van der Waals surface area contributed by atoms with Crippen LogP contribution in [0, 0.1) is 0 Å². The molecule has 12 nitrogen and oxygen atoms in total. The van der Waals surface area contributed by atoms with Crippen molar-refractivity contribution in [3.05, 3.63) is 48.5 Å². The molecule has 4 rings (SSSR count). The van der Waals surface area contributed by atoms with Crippen LogP contribution in [0.3, 0.4) is 0 Å². The number of aliphatic hydroxyl groups is 8. The molecule has 0 amide bonds. The molecule has 0 radical (unpaired) electrons. The van der Waals surface area contributed by atoms with E-state index in [-0.39, 0.29) is 0 Å². The minimum atomic E-state index is -1.47. The Labute approximate surface area is 207 Å². The topological polar surface area (TPSA) is 204 Å². The zero-order valence-electron chi connectivity index (χ0n) is 19.2. The molecule has 0 saturated carbocycles. The lowest BCUT2D eigenvalue weighted by atomic mass is 9.98. The molecule has 198 valence electrons. The number of nitrogens with one attached hydrogen (secondary N) is 2. The summed E-state index contributed by atoms with van der Waals surface area (Å²) in [5.74, 6) is 0. The first-order valence-electron chi connectivity index (χ1n) is 11.6. The van der Waals surface area contributed by atoms with Gasteiger partial charge in [0.15, 0.2) is 12.5 Å². The minimum absolute atomic E-state index is 0.511. The standard InChI is InChI=1S/C24H32N2O10/c27-9-15-17(29)19(31)21(33)23(35-15)25-13-5-1-11(2-6-13)12-3-7-14(8-4-12)26-24-22(34)20(32)18(30)16(10-28)36-24/h1-8,15-34H,9-10H2/t15-,16-,17-,18-,19+,20+,21+,22+,23-,24-/m1/s1. The average molecular weight is 509 g/mol. The van der Waals surface area contributed by atoms with Gasteiger partial charge >= 0.3 is 0 Å². The Morgan fingerprint density at radius 1 is 0.500 bits per heavy atom. The van der Waals surface area contributed by atoms with Crippen molar-refractivity contribution in [2.45, 2.75) is 61.3 Å². The molecule has 10 N–H and O–H groups in total. The predicted molar refractivity (Wildman–Crippen MR) is 127 cm³/mol.